The fraction of sp³-hybridized carbons (Fsp3) is 1.00. The molecule has 30 heavy (non-hydrogen) atoms. The molecule has 0 bridgehead atoms. The van der Waals surface area contributed by atoms with Crippen molar-refractivity contribution < 1.29 is 18.5 Å². The van der Waals surface area contributed by atoms with Crippen molar-refractivity contribution in [2.75, 3.05) is 13.2 Å². The first kappa shape index (κ1) is 28.7. The summed E-state index contributed by atoms with van der Waals surface area (Å²) in [5, 5.41) is 0.873. The second-order valence-electron chi connectivity index (χ2n) is 10.4. The zero-order valence-electron chi connectivity index (χ0n) is 20.4. The Morgan fingerprint density at radius 2 is 1.30 bits per heavy atom. The molecular formula is C24H50AsO4P-. The molecule has 4 nitrogen and oxygen atoms in total. The van der Waals surface area contributed by atoms with E-state index in [1.165, 1.54) is 83.5 Å². The first-order valence-electron chi connectivity index (χ1n) is 12.6. The van der Waals surface area contributed by atoms with Gasteiger partial charge in [-0.1, -0.05) is 64.7 Å². The van der Waals surface area contributed by atoms with E-state index in [-0.39, 0.29) is 6.61 Å². The zero-order valence-corrected chi connectivity index (χ0v) is 23.2. The molecule has 1 saturated carbocycles. The van der Waals surface area contributed by atoms with Gasteiger partial charge in [0.25, 0.3) is 0 Å². The van der Waals surface area contributed by atoms with Crippen molar-refractivity contribution in [2.24, 2.45) is 11.8 Å². The van der Waals surface area contributed by atoms with Gasteiger partial charge in [-0.2, -0.15) is 0 Å². The topological polar surface area (TPSA) is 58.6 Å². The number of unbranched alkanes of at least 4 members (excludes halogenated alkanes) is 9. The third-order valence-electron chi connectivity index (χ3n) is 6.41. The van der Waals surface area contributed by atoms with Gasteiger partial charge in [0.2, 0.25) is 0 Å². The molecule has 0 aromatic heterocycles. The monoisotopic (exact) mass is 508 g/mol. The number of phosphoric acid groups is 1. The van der Waals surface area contributed by atoms with Crippen LogP contribution in [-0.4, -0.2) is 26.8 Å². The molecule has 1 aliphatic rings. The molecule has 0 aliphatic heterocycles. The van der Waals surface area contributed by atoms with Crippen LogP contribution in [-0.2, 0) is 13.6 Å². The van der Waals surface area contributed by atoms with Gasteiger partial charge in [-0.05, 0) is 0 Å². The Morgan fingerprint density at radius 1 is 0.800 bits per heavy atom. The Bertz CT molecular complexity index is 459. The average Bonchev–Trinajstić information content (AvgIpc) is 2.67. The predicted molar refractivity (Wildman–Crippen MR) is 130 cm³/mol. The van der Waals surface area contributed by atoms with Crippen molar-refractivity contribution in [1.82, 2.24) is 0 Å². The Labute approximate surface area is 190 Å². The van der Waals surface area contributed by atoms with Gasteiger partial charge in [-0.3, -0.25) is 0 Å². The summed E-state index contributed by atoms with van der Waals surface area (Å²) in [4.78, 5) is 11.9. The Balaban J connectivity index is 1.99. The Kier molecular flexibility index (Phi) is 15.6. The van der Waals surface area contributed by atoms with Crippen LogP contribution >= 0.6 is 7.82 Å². The molecular weight excluding hydrogens is 458 g/mol. The van der Waals surface area contributed by atoms with E-state index in [0.29, 0.717) is 12.5 Å². The van der Waals surface area contributed by atoms with Crippen LogP contribution in [0.15, 0.2) is 0 Å². The van der Waals surface area contributed by atoms with Crippen LogP contribution in [0.5, 0.6) is 0 Å². The molecule has 181 valence electrons. The van der Waals surface area contributed by atoms with Gasteiger partial charge in [0.05, 0.1) is 0 Å². The van der Waals surface area contributed by atoms with Crippen molar-refractivity contribution >= 4 is 21.4 Å². The fourth-order valence-electron chi connectivity index (χ4n) is 4.27. The molecule has 1 aliphatic carbocycles. The third-order valence-corrected chi connectivity index (χ3v) is 10.6. The molecule has 6 heteroatoms. The van der Waals surface area contributed by atoms with Gasteiger partial charge >= 0.3 is 126 Å². The molecule has 1 fully saturated rings. The van der Waals surface area contributed by atoms with Crippen molar-refractivity contribution in [1.29, 1.82) is 0 Å². The second-order valence-corrected chi connectivity index (χ2v) is 22.4. The Morgan fingerprint density at radius 3 is 1.83 bits per heavy atom. The number of hydrogen-bond acceptors (Lipinski definition) is 4. The van der Waals surface area contributed by atoms with Gasteiger partial charge < -0.3 is 0 Å². The molecule has 1 atom stereocenters. The molecule has 0 saturated heterocycles. The average molecular weight is 509 g/mol. The maximum atomic E-state index is 11.9. The standard InChI is InChI=1S/C24H51AsO4P/c1-5-6-7-8-9-10-11-12-13-14-15-23-16-18-24(19-17-23)22-29-30(26,27)28-21-20-25(2,3)4/h23-24H,5-22H2,1-4H3,(H,26,27)/p-1. The van der Waals surface area contributed by atoms with E-state index in [9.17, 15) is 9.46 Å². The van der Waals surface area contributed by atoms with Crippen molar-refractivity contribution in [3.05, 3.63) is 0 Å². The SMILES string of the molecule is CCCCCCCCCCCCC1CCC(COP(=O)([O-])OCC[As](C)(C)C)CC1. The van der Waals surface area contributed by atoms with Crippen LogP contribution < -0.4 is 4.89 Å². The molecule has 1 rings (SSSR count). The molecule has 0 aromatic carbocycles. The van der Waals surface area contributed by atoms with Gasteiger partial charge in [0, 0.05) is 0 Å². The van der Waals surface area contributed by atoms with Crippen LogP contribution in [0.25, 0.3) is 0 Å². The van der Waals surface area contributed by atoms with Crippen LogP contribution in [0.2, 0.25) is 22.3 Å². The van der Waals surface area contributed by atoms with Crippen molar-refractivity contribution in [2.45, 2.75) is 126 Å². The van der Waals surface area contributed by atoms with Crippen LogP contribution in [0, 0.1) is 11.8 Å². The number of phosphoric ester groups is 1. The fourth-order valence-corrected chi connectivity index (χ4v) is 6.70. The van der Waals surface area contributed by atoms with E-state index in [1.54, 1.807) is 0 Å². The van der Waals surface area contributed by atoms with E-state index in [0.717, 1.165) is 24.0 Å². The first-order valence-corrected chi connectivity index (χ1v) is 21.0. The molecule has 1 radical (unpaired) electrons. The predicted octanol–water partition coefficient (Wildman–Crippen LogP) is 7.94. The van der Waals surface area contributed by atoms with E-state index < -0.39 is 21.4 Å². The van der Waals surface area contributed by atoms with Gasteiger partial charge in [0.1, 0.15) is 0 Å². The summed E-state index contributed by atoms with van der Waals surface area (Å²) in [5.41, 5.74) is 6.73. The van der Waals surface area contributed by atoms with Gasteiger partial charge in [0.15, 0.2) is 0 Å². The minimum atomic E-state index is -4.12. The summed E-state index contributed by atoms with van der Waals surface area (Å²) in [6, 6.07) is 0. The summed E-state index contributed by atoms with van der Waals surface area (Å²) in [7, 11) is -4.12. The summed E-state index contributed by atoms with van der Waals surface area (Å²) in [5.74, 6) is 1.21. The summed E-state index contributed by atoms with van der Waals surface area (Å²) in [6.07, 6.45) is 20.0. The molecule has 0 N–H and O–H groups in total. The van der Waals surface area contributed by atoms with Crippen molar-refractivity contribution in [3.63, 3.8) is 0 Å². The van der Waals surface area contributed by atoms with E-state index in [2.05, 4.69) is 24.1 Å². The number of rotatable bonds is 18. The summed E-state index contributed by atoms with van der Waals surface area (Å²) < 4.78 is 22.2. The van der Waals surface area contributed by atoms with Crippen LogP contribution in [0.4, 0.5) is 0 Å². The normalized spacial score (nSPS) is 22.2. The van der Waals surface area contributed by atoms with Crippen molar-refractivity contribution in [3.8, 4) is 0 Å². The second kappa shape index (κ2) is 16.3. The van der Waals surface area contributed by atoms with Crippen LogP contribution in [0.3, 0.4) is 0 Å². The third kappa shape index (κ3) is 16.3. The summed E-state index contributed by atoms with van der Waals surface area (Å²) in [6.45, 7) is 2.86. The van der Waals surface area contributed by atoms with E-state index >= 15 is 0 Å². The maximum absolute atomic E-state index is 11.9. The molecule has 1 unspecified atom stereocenters. The Hall–Kier alpha value is 0.668. The molecule has 0 amide bonds. The number of hydrogen-bond donors (Lipinski definition) is 0. The molecule has 0 aromatic rings. The van der Waals surface area contributed by atoms with Crippen LogP contribution in [0.1, 0.15) is 103 Å². The van der Waals surface area contributed by atoms with Gasteiger partial charge in [-0.15, -0.1) is 0 Å². The molecule has 0 spiro atoms. The van der Waals surface area contributed by atoms with Gasteiger partial charge in [-0.25, -0.2) is 0 Å². The van der Waals surface area contributed by atoms with E-state index in [4.69, 9.17) is 9.05 Å². The summed E-state index contributed by atoms with van der Waals surface area (Å²) >= 11 is -1.61. The van der Waals surface area contributed by atoms with E-state index in [1.807, 2.05) is 0 Å². The minimum absolute atomic E-state index is 0.281. The first-order chi connectivity index (χ1) is 14.2. The zero-order chi connectivity index (χ0) is 22.3. The quantitative estimate of drug-likeness (QED) is 0.107. The molecule has 0 heterocycles.